The van der Waals surface area contributed by atoms with Crippen molar-refractivity contribution < 1.29 is 9.96 Å². The first kappa shape index (κ1) is 14.9. The summed E-state index contributed by atoms with van der Waals surface area (Å²) in [5.74, 6) is 0. The molecule has 2 rings (SSSR count). The van der Waals surface area contributed by atoms with Gasteiger partial charge in [-0.1, -0.05) is 30.3 Å². The van der Waals surface area contributed by atoms with Crippen molar-refractivity contribution in [1.82, 2.24) is 0 Å². The Morgan fingerprint density at radius 3 is 1.90 bits per heavy atom. The summed E-state index contributed by atoms with van der Waals surface area (Å²) in [7, 11) is 0. The second-order valence-electron chi connectivity index (χ2n) is 3.55. The SMILES string of the molecule is Nc1ccccc1[N+](=O)[O-].O=[N+]([O-])Nc1ccccc1. The monoisotopic (exact) mass is 276 g/mol. The minimum absolute atomic E-state index is 0.0394. The Morgan fingerprint density at radius 1 is 0.900 bits per heavy atom. The Bertz CT molecular complexity index is 589. The number of rotatable bonds is 3. The molecule has 0 aliphatic heterocycles. The van der Waals surface area contributed by atoms with Crippen molar-refractivity contribution in [3.63, 3.8) is 0 Å². The summed E-state index contributed by atoms with van der Waals surface area (Å²) in [6, 6.07) is 14.6. The van der Waals surface area contributed by atoms with Gasteiger partial charge < -0.3 is 5.73 Å². The molecule has 0 spiro atoms. The van der Waals surface area contributed by atoms with Crippen molar-refractivity contribution in [3.05, 3.63) is 74.8 Å². The molecule has 0 atom stereocenters. The highest BCUT2D eigenvalue weighted by molar-refractivity contribution is 5.57. The normalized spacial score (nSPS) is 9.00. The number of hydrogen-bond donors (Lipinski definition) is 2. The van der Waals surface area contributed by atoms with Crippen LogP contribution in [0.15, 0.2) is 54.6 Å². The first-order chi connectivity index (χ1) is 9.50. The fraction of sp³-hybridized carbons (Fsp3) is 0. The van der Waals surface area contributed by atoms with Gasteiger partial charge in [-0.25, -0.2) is 10.1 Å². The number of hydrogen-bond acceptors (Lipinski definition) is 5. The van der Waals surface area contributed by atoms with E-state index in [-0.39, 0.29) is 11.4 Å². The van der Waals surface area contributed by atoms with Gasteiger partial charge in [0.05, 0.1) is 4.92 Å². The van der Waals surface area contributed by atoms with Crippen LogP contribution < -0.4 is 11.2 Å². The number of nitro benzene ring substituents is 1. The van der Waals surface area contributed by atoms with Gasteiger partial charge in [0.1, 0.15) is 11.4 Å². The molecule has 20 heavy (non-hydrogen) atoms. The standard InChI is InChI=1S/2C6H6N2O2/c9-8(10)7-6-4-2-1-3-5-6;7-5-3-1-2-4-6(5)8(9)10/h1-5,7H;1-4H,7H2. The molecule has 2 aromatic rings. The van der Waals surface area contributed by atoms with Crippen LogP contribution in [-0.4, -0.2) is 9.96 Å². The van der Waals surface area contributed by atoms with Gasteiger partial charge in [-0.05, 0) is 18.2 Å². The molecular weight excluding hydrogens is 264 g/mol. The van der Waals surface area contributed by atoms with Crippen molar-refractivity contribution in [1.29, 1.82) is 0 Å². The third-order valence-corrected chi connectivity index (χ3v) is 2.13. The molecule has 0 aromatic heterocycles. The van der Waals surface area contributed by atoms with E-state index < -0.39 is 9.96 Å². The number of nitrogens with two attached hydrogens (primary N) is 1. The number of nitro groups is 2. The fourth-order valence-electron chi connectivity index (χ4n) is 1.27. The van der Waals surface area contributed by atoms with Crippen molar-refractivity contribution >= 4 is 17.1 Å². The van der Waals surface area contributed by atoms with Crippen LogP contribution in [0.3, 0.4) is 0 Å². The van der Waals surface area contributed by atoms with Gasteiger partial charge in [0.25, 0.3) is 5.69 Å². The first-order valence-corrected chi connectivity index (χ1v) is 5.45. The quantitative estimate of drug-likeness (QED) is 0.504. The van der Waals surface area contributed by atoms with Gasteiger partial charge in [0.15, 0.2) is 5.03 Å². The first-order valence-electron chi connectivity index (χ1n) is 5.45. The molecule has 0 amide bonds. The Morgan fingerprint density at radius 2 is 1.45 bits per heavy atom. The van der Waals surface area contributed by atoms with Crippen LogP contribution in [0.1, 0.15) is 0 Å². The summed E-state index contributed by atoms with van der Waals surface area (Å²) in [4.78, 5) is 19.5. The summed E-state index contributed by atoms with van der Waals surface area (Å²) in [6.07, 6.45) is 0. The zero-order valence-corrected chi connectivity index (χ0v) is 10.3. The van der Waals surface area contributed by atoms with E-state index in [1.807, 2.05) is 5.43 Å². The number of anilines is 2. The van der Waals surface area contributed by atoms with E-state index in [9.17, 15) is 20.2 Å². The molecule has 0 saturated carbocycles. The Labute approximate surface area is 114 Å². The second kappa shape index (κ2) is 7.31. The van der Waals surface area contributed by atoms with Crippen LogP contribution in [0.2, 0.25) is 0 Å². The third kappa shape index (κ3) is 5.00. The highest BCUT2D eigenvalue weighted by atomic mass is 16.7. The molecule has 0 bridgehead atoms. The maximum atomic E-state index is 10.1. The number of nitrogen functional groups attached to an aromatic ring is 1. The van der Waals surface area contributed by atoms with Crippen LogP contribution in [0.5, 0.6) is 0 Å². The molecule has 0 radical (unpaired) electrons. The summed E-state index contributed by atoms with van der Waals surface area (Å²) in [5.41, 5.74) is 7.96. The number of hydrazine groups is 1. The molecule has 2 aromatic carbocycles. The molecular formula is C12H12N4O4. The average Bonchev–Trinajstić information content (AvgIpc) is 2.40. The Balaban J connectivity index is 0.000000200. The third-order valence-electron chi connectivity index (χ3n) is 2.13. The number of para-hydroxylation sites is 3. The molecule has 0 fully saturated rings. The minimum Gasteiger partial charge on any atom is -0.393 e. The Hall–Kier alpha value is -3.16. The van der Waals surface area contributed by atoms with Crippen LogP contribution in [-0.2, 0) is 0 Å². The fourth-order valence-corrected chi connectivity index (χ4v) is 1.27. The van der Waals surface area contributed by atoms with Gasteiger partial charge in [-0.2, -0.15) is 0 Å². The highest BCUT2D eigenvalue weighted by Crippen LogP contribution is 2.18. The lowest BCUT2D eigenvalue weighted by atomic mass is 10.3. The summed E-state index contributed by atoms with van der Waals surface area (Å²) < 4.78 is 0. The summed E-state index contributed by atoms with van der Waals surface area (Å²) >= 11 is 0. The van der Waals surface area contributed by atoms with Gasteiger partial charge in [0, 0.05) is 6.07 Å². The summed E-state index contributed by atoms with van der Waals surface area (Å²) in [5, 5.41) is 19.4. The Kier molecular flexibility index (Phi) is 5.45. The van der Waals surface area contributed by atoms with E-state index in [0.29, 0.717) is 5.69 Å². The maximum absolute atomic E-state index is 10.1. The van der Waals surface area contributed by atoms with Crippen LogP contribution >= 0.6 is 0 Å². The lowest BCUT2D eigenvalue weighted by molar-refractivity contribution is -0.445. The largest absolute Gasteiger partial charge is 0.393 e. The van der Waals surface area contributed by atoms with Crippen LogP contribution in [0.25, 0.3) is 0 Å². The van der Waals surface area contributed by atoms with Crippen molar-refractivity contribution in [3.8, 4) is 0 Å². The smallest absolute Gasteiger partial charge is 0.292 e. The zero-order valence-electron chi connectivity index (χ0n) is 10.3. The maximum Gasteiger partial charge on any atom is 0.292 e. The van der Waals surface area contributed by atoms with E-state index >= 15 is 0 Å². The second-order valence-corrected chi connectivity index (χ2v) is 3.55. The van der Waals surface area contributed by atoms with E-state index in [1.54, 1.807) is 42.5 Å². The molecule has 0 unspecified atom stereocenters. The number of nitrogens with one attached hydrogen (secondary N) is 1. The van der Waals surface area contributed by atoms with E-state index in [0.717, 1.165) is 0 Å². The molecule has 104 valence electrons. The lowest BCUT2D eigenvalue weighted by Crippen LogP contribution is -2.06. The molecule has 0 aliphatic rings. The highest BCUT2D eigenvalue weighted by Gasteiger charge is 2.07. The summed E-state index contributed by atoms with van der Waals surface area (Å²) in [6.45, 7) is 0. The minimum atomic E-state index is -0.588. The van der Waals surface area contributed by atoms with Crippen molar-refractivity contribution in [2.24, 2.45) is 0 Å². The van der Waals surface area contributed by atoms with Gasteiger partial charge in [0.2, 0.25) is 0 Å². The number of benzene rings is 2. The molecule has 0 aliphatic carbocycles. The van der Waals surface area contributed by atoms with Crippen LogP contribution in [0.4, 0.5) is 17.1 Å². The topological polar surface area (TPSA) is 124 Å². The molecule has 8 heteroatoms. The number of nitrogens with zero attached hydrogens (tertiary/aromatic N) is 2. The van der Waals surface area contributed by atoms with E-state index in [4.69, 9.17) is 5.73 Å². The van der Waals surface area contributed by atoms with Crippen molar-refractivity contribution in [2.75, 3.05) is 11.2 Å². The van der Waals surface area contributed by atoms with Crippen molar-refractivity contribution in [2.45, 2.75) is 0 Å². The van der Waals surface area contributed by atoms with Gasteiger partial charge >= 0.3 is 0 Å². The van der Waals surface area contributed by atoms with Crippen LogP contribution in [0, 0.1) is 20.2 Å². The van der Waals surface area contributed by atoms with Gasteiger partial charge in [-0.15, -0.1) is 5.43 Å². The molecule has 0 heterocycles. The van der Waals surface area contributed by atoms with E-state index in [1.165, 1.54) is 12.1 Å². The van der Waals surface area contributed by atoms with E-state index in [2.05, 4.69) is 0 Å². The predicted molar refractivity (Wildman–Crippen MR) is 74.6 cm³/mol. The molecule has 3 N–H and O–H groups in total. The predicted octanol–water partition coefficient (Wildman–Crippen LogP) is 2.47. The molecule has 8 nitrogen and oxygen atoms in total. The average molecular weight is 276 g/mol. The molecule has 0 saturated heterocycles. The lowest BCUT2D eigenvalue weighted by Gasteiger charge is -1.93. The zero-order chi connectivity index (χ0) is 15.0. The van der Waals surface area contributed by atoms with Gasteiger partial charge in [-0.3, -0.25) is 10.1 Å².